The zero-order chi connectivity index (χ0) is 15.2. The Morgan fingerprint density at radius 3 is 2.50 bits per heavy atom. The minimum absolute atomic E-state index is 0.0633. The number of rotatable bonds is 7. The monoisotopic (exact) mass is 282 g/mol. The van der Waals surface area contributed by atoms with E-state index in [9.17, 15) is 13.9 Å². The molecule has 1 unspecified atom stereocenters. The van der Waals surface area contributed by atoms with Crippen molar-refractivity contribution >= 4 is 0 Å². The quantitative estimate of drug-likeness (QED) is 0.808. The van der Waals surface area contributed by atoms with Crippen molar-refractivity contribution in [3.8, 4) is 6.07 Å². The highest BCUT2D eigenvalue weighted by Gasteiger charge is 2.20. The van der Waals surface area contributed by atoms with Crippen LogP contribution in [0.4, 0.5) is 8.78 Å². The maximum Gasteiger partial charge on any atom is 0.131 e. The summed E-state index contributed by atoms with van der Waals surface area (Å²) in [6, 6.07) is 5.60. The van der Waals surface area contributed by atoms with Crippen molar-refractivity contribution in [2.24, 2.45) is 5.41 Å². The van der Waals surface area contributed by atoms with Crippen molar-refractivity contribution in [2.75, 3.05) is 13.1 Å². The maximum atomic E-state index is 13.5. The van der Waals surface area contributed by atoms with Gasteiger partial charge in [-0.1, -0.05) is 19.9 Å². The van der Waals surface area contributed by atoms with E-state index >= 15 is 0 Å². The molecule has 2 N–H and O–H groups in total. The van der Waals surface area contributed by atoms with Gasteiger partial charge in [0.1, 0.15) is 11.6 Å². The van der Waals surface area contributed by atoms with Crippen molar-refractivity contribution in [3.63, 3.8) is 0 Å². The van der Waals surface area contributed by atoms with Gasteiger partial charge >= 0.3 is 0 Å². The van der Waals surface area contributed by atoms with Crippen molar-refractivity contribution in [2.45, 2.75) is 32.8 Å². The van der Waals surface area contributed by atoms with Gasteiger partial charge in [-0.15, -0.1) is 0 Å². The van der Waals surface area contributed by atoms with Gasteiger partial charge in [0.05, 0.1) is 17.7 Å². The Morgan fingerprint density at radius 2 is 1.95 bits per heavy atom. The third-order valence-electron chi connectivity index (χ3n) is 3.19. The minimum Gasteiger partial charge on any atom is -0.387 e. The average Bonchev–Trinajstić information content (AvgIpc) is 2.36. The summed E-state index contributed by atoms with van der Waals surface area (Å²) in [5, 5.41) is 21.4. The molecule has 0 saturated heterocycles. The Balaban J connectivity index is 2.52. The Bertz CT molecular complexity index is 463. The van der Waals surface area contributed by atoms with E-state index in [1.807, 2.05) is 13.8 Å². The first-order valence-electron chi connectivity index (χ1n) is 6.57. The standard InChI is InChI=1S/C15H20F2N2O/c1-15(2,7-4-8-18)10-19-9-13(20)14-11(16)5-3-6-12(14)17/h3,5-6,13,19-20H,4,7,9-10H2,1-2H3. The summed E-state index contributed by atoms with van der Waals surface area (Å²) in [6.45, 7) is 4.61. The number of halogens is 2. The van der Waals surface area contributed by atoms with Gasteiger partial charge in [0, 0.05) is 19.5 Å². The van der Waals surface area contributed by atoms with Gasteiger partial charge in [-0.25, -0.2) is 8.78 Å². The molecule has 0 heterocycles. The first kappa shape index (κ1) is 16.5. The van der Waals surface area contributed by atoms with Crippen molar-refractivity contribution in [1.82, 2.24) is 5.32 Å². The lowest BCUT2D eigenvalue weighted by Gasteiger charge is -2.25. The van der Waals surface area contributed by atoms with E-state index in [1.165, 1.54) is 6.07 Å². The summed E-state index contributed by atoms with van der Waals surface area (Å²) >= 11 is 0. The summed E-state index contributed by atoms with van der Waals surface area (Å²) in [5.41, 5.74) is -0.418. The highest BCUT2D eigenvalue weighted by atomic mass is 19.1. The lowest BCUT2D eigenvalue weighted by Crippen LogP contribution is -2.32. The van der Waals surface area contributed by atoms with Gasteiger partial charge in [-0.2, -0.15) is 5.26 Å². The second-order valence-electron chi connectivity index (χ2n) is 5.60. The lowest BCUT2D eigenvalue weighted by atomic mass is 9.88. The number of benzene rings is 1. The summed E-state index contributed by atoms with van der Waals surface area (Å²) in [4.78, 5) is 0. The van der Waals surface area contributed by atoms with E-state index in [-0.39, 0.29) is 17.5 Å². The van der Waals surface area contributed by atoms with Gasteiger partial charge in [0.15, 0.2) is 0 Å². The summed E-state index contributed by atoms with van der Waals surface area (Å²) < 4.78 is 26.9. The first-order chi connectivity index (χ1) is 9.37. The van der Waals surface area contributed by atoms with Crippen LogP contribution >= 0.6 is 0 Å². The predicted octanol–water partition coefficient (Wildman–Crippen LogP) is 2.92. The SMILES string of the molecule is CC(C)(CCC#N)CNCC(O)c1c(F)cccc1F. The fourth-order valence-electron chi connectivity index (χ4n) is 1.96. The summed E-state index contributed by atoms with van der Waals surface area (Å²) in [5.74, 6) is -1.49. The molecule has 0 aliphatic carbocycles. The molecule has 0 aromatic heterocycles. The second kappa shape index (κ2) is 7.32. The molecule has 0 spiro atoms. The Hall–Kier alpha value is -1.51. The van der Waals surface area contributed by atoms with E-state index in [0.29, 0.717) is 13.0 Å². The molecule has 0 saturated carbocycles. The molecule has 0 bridgehead atoms. The molecule has 3 nitrogen and oxygen atoms in total. The van der Waals surface area contributed by atoms with Gasteiger partial charge in [0.25, 0.3) is 0 Å². The molecule has 1 rings (SSSR count). The average molecular weight is 282 g/mol. The normalized spacial score (nSPS) is 13.0. The van der Waals surface area contributed by atoms with E-state index in [1.54, 1.807) is 0 Å². The fourth-order valence-corrected chi connectivity index (χ4v) is 1.96. The molecule has 0 amide bonds. The topological polar surface area (TPSA) is 56.0 Å². The molecule has 1 atom stereocenters. The zero-order valence-corrected chi connectivity index (χ0v) is 11.8. The van der Waals surface area contributed by atoms with Gasteiger partial charge in [-0.3, -0.25) is 0 Å². The molecule has 1 aromatic rings. The Morgan fingerprint density at radius 1 is 1.35 bits per heavy atom. The van der Waals surface area contributed by atoms with Crippen molar-refractivity contribution < 1.29 is 13.9 Å². The molecule has 0 aliphatic heterocycles. The number of aliphatic hydroxyl groups excluding tert-OH is 1. The third-order valence-corrected chi connectivity index (χ3v) is 3.19. The number of hydrogen-bond acceptors (Lipinski definition) is 3. The van der Waals surface area contributed by atoms with Crippen LogP contribution in [0, 0.1) is 28.4 Å². The van der Waals surface area contributed by atoms with Crippen LogP contribution in [0.1, 0.15) is 38.4 Å². The van der Waals surface area contributed by atoms with E-state index in [2.05, 4.69) is 11.4 Å². The number of nitrogens with one attached hydrogen (secondary N) is 1. The van der Waals surface area contributed by atoms with Gasteiger partial charge < -0.3 is 10.4 Å². The maximum absolute atomic E-state index is 13.5. The number of nitriles is 1. The van der Waals surface area contributed by atoms with Crippen LogP contribution in [-0.2, 0) is 0 Å². The van der Waals surface area contributed by atoms with Crippen LogP contribution in [0.25, 0.3) is 0 Å². The van der Waals surface area contributed by atoms with Crippen LogP contribution in [0.3, 0.4) is 0 Å². The zero-order valence-electron chi connectivity index (χ0n) is 11.8. The van der Waals surface area contributed by atoms with Crippen LogP contribution in [0.2, 0.25) is 0 Å². The molecule has 1 aromatic carbocycles. The molecule has 0 fully saturated rings. The molecular formula is C15H20F2N2O. The second-order valence-corrected chi connectivity index (χ2v) is 5.60. The van der Waals surface area contributed by atoms with Crippen LogP contribution in [0.15, 0.2) is 18.2 Å². The van der Waals surface area contributed by atoms with Crippen LogP contribution in [-0.4, -0.2) is 18.2 Å². The molecule has 20 heavy (non-hydrogen) atoms. The summed E-state index contributed by atoms with van der Waals surface area (Å²) in [6.07, 6.45) is -0.0530. The number of aliphatic hydroxyl groups is 1. The van der Waals surface area contributed by atoms with Gasteiger partial charge in [0.2, 0.25) is 0 Å². The lowest BCUT2D eigenvalue weighted by molar-refractivity contribution is 0.158. The highest BCUT2D eigenvalue weighted by molar-refractivity contribution is 5.22. The predicted molar refractivity (Wildman–Crippen MR) is 72.8 cm³/mol. The van der Waals surface area contributed by atoms with Crippen LogP contribution in [0.5, 0.6) is 0 Å². The van der Waals surface area contributed by atoms with Crippen LogP contribution < -0.4 is 5.32 Å². The summed E-state index contributed by atoms with van der Waals surface area (Å²) in [7, 11) is 0. The fraction of sp³-hybridized carbons (Fsp3) is 0.533. The van der Waals surface area contributed by atoms with Gasteiger partial charge in [-0.05, 0) is 24.0 Å². The van der Waals surface area contributed by atoms with Crippen molar-refractivity contribution in [3.05, 3.63) is 35.4 Å². The molecular weight excluding hydrogens is 262 g/mol. The minimum atomic E-state index is -1.23. The Labute approximate surface area is 118 Å². The third kappa shape index (κ3) is 4.87. The molecule has 5 heteroatoms. The smallest absolute Gasteiger partial charge is 0.131 e. The molecule has 0 radical (unpaired) electrons. The number of nitrogens with zero attached hydrogens (tertiary/aromatic N) is 1. The van der Waals surface area contributed by atoms with E-state index in [0.717, 1.165) is 18.6 Å². The largest absolute Gasteiger partial charge is 0.387 e. The highest BCUT2D eigenvalue weighted by Crippen LogP contribution is 2.22. The Kier molecular flexibility index (Phi) is 6.05. The van der Waals surface area contributed by atoms with E-state index < -0.39 is 17.7 Å². The molecule has 110 valence electrons. The number of hydrogen-bond donors (Lipinski definition) is 2. The molecule has 0 aliphatic rings. The van der Waals surface area contributed by atoms with Crippen molar-refractivity contribution in [1.29, 1.82) is 5.26 Å². The first-order valence-corrected chi connectivity index (χ1v) is 6.57. The van der Waals surface area contributed by atoms with E-state index in [4.69, 9.17) is 5.26 Å².